The largest absolute Gasteiger partial charge is 0.432 e. The van der Waals surface area contributed by atoms with E-state index in [1.54, 1.807) is 0 Å². The highest BCUT2D eigenvalue weighted by molar-refractivity contribution is 5.81. The lowest BCUT2D eigenvalue weighted by atomic mass is 10.2. The smallest absolute Gasteiger partial charge is 0.387 e. The van der Waals surface area contributed by atoms with Gasteiger partial charge >= 0.3 is 6.61 Å². The fourth-order valence-corrected chi connectivity index (χ4v) is 1.69. The molecule has 4 nitrogen and oxygen atoms in total. The Morgan fingerprint density at radius 1 is 1.53 bits per heavy atom. The minimum atomic E-state index is -3.03. The molecule has 19 heavy (non-hydrogen) atoms. The molecule has 2 rings (SSSR count). The van der Waals surface area contributed by atoms with Gasteiger partial charge in [-0.3, -0.25) is 4.99 Å². The molecule has 2 N–H and O–H groups in total. The van der Waals surface area contributed by atoms with Crippen molar-refractivity contribution in [1.29, 1.82) is 0 Å². The van der Waals surface area contributed by atoms with Gasteiger partial charge in [0.1, 0.15) is 0 Å². The monoisotopic (exact) mass is 273 g/mol. The van der Waals surface area contributed by atoms with Gasteiger partial charge in [-0.2, -0.15) is 8.78 Å². The fraction of sp³-hybridized carbons (Fsp3) is 0.417. The first kappa shape index (κ1) is 13.5. The average Bonchev–Trinajstić information content (AvgIpc) is 2.75. The van der Waals surface area contributed by atoms with Gasteiger partial charge in [0, 0.05) is 12.6 Å². The number of rotatable bonds is 4. The lowest BCUT2D eigenvalue weighted by Crippen LogP contribution is -2.37. The molecule has 0 radical (unpaired) electrons. The molecular formula is C12H14F3N3O. The van der Waals surface area contributed by atoms with Gasteiger partial charge in [0.05, 0.1) is 6.54 Å². The minimum Gasteiger partial charge on any atom is -0.432 e. The van der Waals surface area contributed by atoms with Crippen LogP contribution in [0, 0.1) is 5.82 Å². The van der Waals surface area contributed by atoms with Gasteiger partial charge in [-0.05, 0) is 24.6 Å². The maximum absolute atomic E-state index is 13.4. The maximum Gasteiger partial charge on any atom is 0.387 e. The van der Waals surface area contributed by atoms with E-state index in [1.807, 2.05) is 6.92 Å². The molecule has 0 bridgehead atoms. The molecular weight excluding hydrogens is 259 g/mol. The second-order valence-corrected chi connectivity index (χ2v) is 4.23. The molecule has 1 atom stereocenters. The number of nitrogens with zero attached hydrogens (tertiary/aromatic N) is 1. The number of benzene rings is 1. The molecule has 1 aromatic rings. The van der Waals surface area contributed by atoms with Crippen LogP contribution in [0.1, 0.15) is 12.5 Å². The van der Waals surface area contributed by atoms with Crippen LogP contribution in [0.4, 0.5) is 13.2 Å². The zero-order valence-corrected chi connectivity index (χ0v) is 10.3. The molecule has 0 spiro atoms. The summed E-state index contributed by atoms with van der Waals surface area (Å²) >= 11 is 0. The van der Waals surface area contributed by atoms with Crippen molar-refractivity contribution < 1.29 is 17.9 Å². The van der Waals surface area contributed by atoms with Crippen molar-refractivity contribution in [3.63, 3.8) is 0 Å². The summed E-state index contributed by atoms with van der Waals surface area (Å²) in [6.07, 6.45) is 0. The second kappa shape index (κ2) is 5.81. The third-order valence-electron chi connectivity index (χ3n) is 2.58. The third-order valence-corrected chi connectivity index (χ3v) is 2.58. The highest BCUT2D eigenvalue weighted by atomic mass is 19.3. The molecule has 1 aliphatic rings. The standard InChI is InChI=1S/C12H14F3N3O/c1-7-5-16-12(18-7)17-6-8-2-3-10(9(13)4-8)19-11(14)15/h2-4,7,11H,5-6H2,1H3,(H2,16,17,18). The molecule has 7 heteroatoms. The summed E-state index contributed by atoms with van der Waals surface area (Å²) in [4.78, 5) is 4.19. The van der Waals surface area contributed by atoms with Gasteiger partial charge < -0.3 is 15.4 Å². The van der Waals surface area contributed by atoms with E-state index in [0.717, 1.165) is 6.07 Å². The number of guanidine groups is 1. The van der Waals surface area contributed by atoms with Crippen molar-refractivity contribution in [3.05, 3.63) is 29.6 Å². The van der Waals surface area contributed by atoms with Gasteiger partial charge in [0.25, 0.3) is 0 Å². The number of halogens is 3. The molecule has 0 saturated carbocycles. The van der Waals surface area contributed by atoms with Gasteiger partial charge in [0.15, 0.2) is 17.5 Å². The number of alkyl halides is 2. The van der Waals surface area contributed by atoms with Crippen molar-refractivity contribution in [2.24, 2.45) is 4.99 Å². The Kier molecular flexibility index (Phi) is 4.13. The van der Waals surface area contributed by atoms with E-state index in [2.05, 4.69) is 20.4 Å². The number of ether oxygens (including phenoxy) is 1. The minimum absolute atomic E-state index is 0.279. The van der Waals surface area contributed by atoms with Crippen LogP contribution in [-0.4, -0.2) is 25.2 Å². The summed E-state index contributed by atoms with van der Waals surface area (Å²) in [5, 5.41) is 6.10. The highest BCUT2D eigenvalue weighted by Crippen LogP contribution is 2.20. The summed E-state index contributed by atoms with van der Waals surface area (Å²) in [7, 11) is 0. The second-order valence-electron chi connectivity index (χ2n) is 4.23. The van der Waals surface area contributed by atoms with Gasteiger partial charge in [0.2, 0.25) is 0 Å². The van der Waals surface area contributed by atoms with Crippen LogP contribution in [0.3, 0.4) is 0 Å². The maximum atomic E-state index is 13.4. The zero-order chi connectivity index (χ0) is 13.8. The topological polar surface area (TPSA) is 45.7 Å². The Morgan fingerprint density at radius 2 is 2.32 bits per heavy atom. The number of nitrogens with one attached hydrogen (secondary N) is 2. The van der Waals surface area contributed by atoms with Crippen LogP contribution in [0.25, 0.3) is 0 Å². The molecule has 0 fully saturated rings. The summed E-state index contributed by atoms with van der Waals surface area (Å²) in [5.41, 5.74) is 0.614. The molecule has 104 valence electrons. The van der Waals surface area contributed by atoms with Crippen molar-refractivity contribution in [1.82, 2.24) is 10.6 Å². The Morgan fingerprint density at radius 3 is 2.89 bits per heavy atom. The molecule has 0 amide bonds. The molecule has 1 unspecified atom stereocenters. The van der Waals surface area contributed by atoms with Crippen molar-refractivity contribution >= 4 is 5.96 Å². The molecule has 1 heterocycles. The summed E-state index contributed by atoms with van der Waals surface area (Å²) in [6, 6.07) is 4.14. The summed E-state index contributed by atoms with van der Waals surface area (Å²) < 4.78 is 41.4. The lowest BCUT2D eigenvalue weighted by Gasteiger charge is -2.10. The van der Waals surface area contributed by atoms with E-state index in [1.165, 1.54) is 12.1 Å². The molecule has 1 aromatic carbocycles. The summed E-state index contributed by atoms with van der Waals surface area (Å²) in [5.74, 6) is -0.612. The van der Waals surface area contributed by atoms with Crippen molar-refractivity contribution in [3.8, 4) is 5.75 Å². The van der Waals surface area contributed by atoms with E-state index in [-0.39, 0.29) is 6.04 Å². The van der Waals surface area contributed by atoms with Gasteiger partial charge in [-0.25, -0.2) is 4.39 Å². The van der Waals surface area contributed by atoms with Crippen LogP contribution in [0.5, 0.6) is 5.75 Å². The number of hydrogen-bond donors (Lipinski definition) is 2. The molecule has 0 saturated heterocycles. The van der Waals surface area contributed by atoms with Crippen LogP contribution < -0.4 is 15.4 Å². The van der Waals surface area contributed by atoms with E-state index in [0.29, 0.717) is 24.6 Å². The van der Waals surface area contributed by atoms with E-state index >= 15 is 0 Å². The quantitative estimate of drug-likeness (QED) is 0.880. The van der Waals surface area contributed by atoms with Crippen LogP contribution >= 0.6 is 0 Å². The Labute approximate surface area is 108 Å². The molecule has 1 aliphatic heterocycles. The number of hydrogen-bond acceptors (Lipinski definition) is 4. The molecule has 0 aromatic heterocycles. The van der Waals surface area contributed by atoms with Crippen LogP contribution in [-0.2, 0) is 6.54 Å². The highest BCUT2D eigenvalue weighted by Gasteiger charge is 2.13. The van der Waals surface area contributed by atoms with Gasteiger partial charge in [-0.1, -0.05) is 6.07 Å². The van der Waals surface area contributed by atoms with E-state index in [4.69, 9.17) is 0 Å². The first-order valence-corrected chi connectivity index (χ1v) is 5.82. The molecule has 0 aliphatic carbocycles. The van der Waals surface area contributed by atoms with Crippen LogP contribution in [0.15, 0.2) is 23.2 Å². The Bertz CT molecular complexity index is 479. The van der Waals surface area contributed by atoms with Crippen LogP contribution in [0.2, 0.25) is 0 Å². The predicted molar refractivity (Wildman–Crippen MR) is 64.8 cm³/mol. The lowest BCUT2D eigenvalue weighted by molar-refractivity contribution is -0.0522. The summed E-state index contributed by atoms with van der Waals surface area (Å²) in [6.45, 7) is 0.00776. The number of aliphatic imine (C=N–C) groups is 1. The SMILES string of the molecule is CC1CN=C(NCc2ccc(OC(F)F)c(F)c2)N1. The fourth-order valence-electron chi connectivity index (χ4n) is 1.69. The van der Waals surface area contributed by atoms with E-state index < -0.39 is 18.2 Å². The Balaban J connectivity index is 1.93. The third kappa shape index (κ3) is 3.77. The van der Waals surface area contributed by atoms with E-state index in [9.17, 15) is 13.2 Å². The Hall–Kier alpha value is -1.92. The first-order chi connectivity index (χ1) is 9.04. The van der Waals surface area contributed by atoms with Crippen molar-refractivity contribution in [2.45, 2.75) is 26.1 Å². The zero-order valence-electron chi connectivity index (χ0n) is 10.3. The van der Waals surface area contributed by atoms with Gasteiger partial charge in [-0.15, -0.1) is 0 Å². The average molecular weight is 273 g/mol. The van der Waals surface area contributed by atoms with Crippen molar-refractivity contribution in [2.75, 3.05) is 6.54 Å². The predicted octanol–water partition coefficient (Wildman–Crippen LogP) is 1.86. The first-order valence-electron chi connectivity index (χ1n) is 5.82. The normalized spacial score (nSPS) is 18.2.